The first-order valence-corrected chi connectivity index (χ1v) is 5.68. The minimum atomic E-state index is -0.205. The standard InChI is InChI=1S/C12H9Cl2NO2/c13-9-4-1-5-10(12(9)14)15-11(16)7-8-3-2-6-17-8/h1-6H,7H2,(H,15,16). The third kappa shape index (κ3) is 3.02. The molecule has 1 amide bonds. The SMILES string of the molecule is O=C(Cc1ccco1)Nc1cccc(Cl)c1Cl. The molecular weight excluding hydrogens is 261 g/mol. The summed E-state index contributed by atoms with van der Waals surface area (Å²) in [5.74, 6) is 0.393. The number of carbonyl (C=O) groups is 1. The van der Waals surface area contributed by atoms with Gasteiger partial charge in [0.2, 0.25) is 5.91 Å². The average molecular weight is 270 g/mol. The van der Waals surface area contributed by atoms with Crippen LogP contribution in [0.4, 0.5) is 5.69 Å². The van der Waals surface area contributed by atoms with E-state index in [0.717, 1.165) is 0 Å². The Bertz CT molecular complexity index is 523. The van der Waals surface area contributed by atoms with E-state index in [1.54, 1.807) is 30.3 Å². The fourth-order valence-corrected chi connectivity index (χ4v) is 1.71. The molecule has 0 atom stereocenters. The van der Waals surface area contributed by atoms with E-state index in [1.807, 2.05) is 0 Å². The van der Waals surface area contributed by atoms with E-state index in [-0.39, 0.29) is 12.3 Å². The van der Waals surface area contributed by atoms with Gasteiger partial charge < -0.3 is 9.73 Å². The number of benzene rings is 1. The van der Waals surface area contributed by atoms with Gasteiger partial charge in [-0.2, -0.15) is 0 Å². The van der Waals surface area contributed by atoms with Crippen LogP contribution in [0.5, 0.6) is 0 Å². The molecule has 0 aliphatic heterocycles. The van der Waals surface area contributed by atoms with Crippen molar-refractivity contribution in [3.05, 3.63) is 52.4 Å². The van der Waals surface area contributed by atoms with Gasteiger partial charge in [-0.15, -0.1) is 0 Å². The Morgan fingerprint density at radius 2 is 2.06 bits per heavy atom. The molecular formula is C12H9Cl2NO2. The third-order valence-corrected chi connectivity index (χ3v) is 2.96. The van der Waals surface area contributed by atoms with Crippen molar-refractivity contribution in [2.24, 2.45) is 0 Å². The Balaban J connectivity index is 2.06. The molecule has 1 aromatic carbocycles. The summed E-state index contributed by atoms with van der Waals surface area (Å²) in [6.07, 6.45) is 1.69. The molecule has 2 rings (SSSR count). The molecule has 0 saturated carbocycles. The number of carbonyl (C=O) groups excluding carboxylic acids is 1. The first-order chi connectivity index (χ1) is 8.16. The molecule has 5 heteroatoms. The lowest BCUT2D eigenvalue weighted by molar-refractivity contribution is -0.115. The number of furan rings is 1. The van der Waals surface area contributed by atoms with E-state index in [0.29, 0.717) is 21.5 Å². The van der Waals surface area contributed by atoms with Gasteiger partial charge in [0.1, 0.15) is 5.76 Å². The molecule has 17 heavy (non-hydrogen) atoms. The highest BCUT2D eigenvalue weighted by molar-refractivity contribution is 6.43. The van der Waals surface area contributed by atoms with Crippen molar-refractivity contribution in [2.75, 3.05) is 5.32 Å². The fraction of sp³-hybridized carbons (Fsp3) is 0.0833. The van der Waals surface area contributed by atoms with Crippen LogP contribution in [0, 0.1) is 0 Å². The van der Waals surface area contributed by atoms with Crippen LogP contribution < -0.4 is 5.32 Å². The highest BCUT2D eigenvalue weighted by Gasteiger charge is 2.09. The van der Waals surface area contributed by atoms with Gasteiger partial charge in [-0.1, -0.05) is 29.3 Å². The predicted octanol–water partition coefficient (Wildman–Crippen LogP) is 3.77. The Morgan fingerprint density at radius 3 is 2.76 bits per heavy atom. The summed E-state index contributed by atoms with van der Waals surface area (Å²) in [6, 6.07) is 8.53. The smallest absolute Gasteiger partial charge is 0.232 e. The minimum absolute atomic E-state index is 0.163. The second-order valence-corrected chi connectivity index (χ2v) is 4.19. The molecule has 1 heterocycles. The molecule has 2 aromatic rings. The quantitative estimate of drug-likeness (QED) is 0.922. The van der Waals surface area contributed by atoms with Crippen LogP contribution in [-0.4, -0.2) is 5.91 Å². The second-order valence-electron chi connectivity index (χ2n) is 3.41. The zero-order chi connectivity index (χ0) is 12.3. The molecule has 0 aliphatic carbocycles. The van der Waals surface area contributed by atoms with Crippen LogP contribution in [0.2, 0.25) is 10.0 Å². The van der Waals surface area contributed by atoms with Gasteiger partial charge in [-0.05, 0) is 24.3 Å². The molecule has 1 aromatic heterocycles. The number of amides is 1. The predicted molar refractivity (Wildman–Crippen MR) is 67.5 cm³/mol. The molecule has 0 bridgehead atoms. The van der Waals surface area contributed by atoms with E-state index in [4.69, 9.17) is 27.6 Å². The number of hydrogen-bond donors (Lipinski definition) is 1. The number of halogens is 2. The van der Waals surface area contributed by atoms with Crippen LogP contribution >= 0.6 is 23.2 Å². The summed E-state index contributed by atoms with van der Waals surface area (Å²) in [4.78, 5) is 11.7. The van der Waals surface area contributed by atoms with Crippen molar-refractivity contribution in [2.45, 2.75) is 6.42 Å². The molecule has 0 aliphatic rings. The van der Waals surface area contributed by atoms with Gasteiger partial charge in [0.05, 0.1) is 28.4 Å². The van der Waals surface area contributed by atoms with Crippen molar-refractivity contribution in [3.63, 3.8) is 0 Å². The van der Waals surface area contributed by atoms with Crippen molar-refractivity contribution in [1.29, 1.82) is 0 Å². The first kappa shape index (κ1) is 12.0. The Labute approximate surface area is 108 Å². The average Bonchev–Trinajstić information content (AvgIpc) is 2.77. The van der Waals surface area contributed by atoms with Gasteiger partial charge >= 0.3 is 0 Å². The number of nitrogens with one attached hydrogen (secondary N) is 1. The van der Waals surface area contributed by atoms with Crippen LogP contribution in [0.3, 0.4) is 0 Å². The van der Waals surface area contributed by atoms with Crippen LogP contribution in [-0.2, 0) is 11.2 Å². The van der Waals surface area contributed by atoms with E-state index >= 15 is 0 Å². The lowest BCUT2D eigenvalue weighted by atomic mass is 10.3. The first-order valence-electron chi connectivity index (χ1n) is 4.93. The number of anilines is 1. The number of hydrogen-bond acceptors (Lipinski definition) is 2. The zero-order valence-electron chi connectivity index (χ0n) is 8.74. The summed E-state index contributed by atoms with van der Waals surface area (Å²) < 4.78 is 5.08. The third-order valence-electron chi connectivity index (χ3n) is 2.14. The maximum absolute atomic E-state index is 11.7. The highest BCUT2D eigenvalue weighted by Crippen LogP contribution is 2.29. The van der Waals surface area contributed by atoms with Gasteiger partial charge in [-0.3, -0.25) is 4.79 Å². The molecule has 0 unspecified atom stereocenters. The van der Waals surface area contributed by atoms with Gasteiger partial charge in [0, 0.05) is 0 Å². The Morgan fingerprint density at radius 1 is 1.24 bits per heavy atom. The maximum atomic E-state index is 11.7. The molecule has 0 spiro atoms. The fourth-order valence-electron chi connectivity index (χ4n) is 1.37. The van der Waals surface area contributed by atoms with Crippen LogP contribution in [0.25, 0.3) is 0 Å². The second kappa shape index (κ2) is 5.25. The number of rotatable bonds is 3. The minimum Gasteiger partial charge on any atom is -0.469 e. The monoisotopic (exact) mass is 269 g/mol. The summed E-state index contributed by atoms with van der Waals surface area (Å²) in [6.45, 7) is 0. The summed E-state index contributed by atoms with van der Waals surface area (Å²) in [7, 11) is 0. The van der Waals surface area contributed by atoms with E-state index in [1.165, 1.54) is 6.26 Å². The van der Waals surface area contributed by atoms with Crippen molar-refractivity contribution >= 4 is 34.8 Å². The Hall–Kier alpha value is -1.45. The van der Waals surface area contributed by atoms with Crippen LogP contribution in [0.1, 0.15) is 5.76 Å². The topological polar surface area (TPSA) is 42.2 Å². The molecule has 88 valence electrons. The summed E-state index contributed by atoms with van der Waals surface area (Å²) in [5.41, 5.74) is 0.496. The molecule has 0 radical (unpaired) electrons. The summed E-state index contributed by atoms with van der Waals surface area (Å²) in [5, 5.41) is 3.41. The molecule has 3 nitrogen and oxygen atoms in total. The van der Waals surface area contributed by atoms with Crippen molar-refractivity contribution < 1.29 is 9.21 Å². The molecule has 0 saturated heterocycles. The lowest BCUT2D eigenvalue weighted by Gasteiger charge is -2.07. The Kier molecular flexibility index (Phi) is 3.71. The van der Waals surface area contributed by atoms with Gasteiger partial charge in [-0.25, -0.2) is 0 Å². The van der Waals surface area contributed by atoms with Crippen molar-refractivity contribution in [1.82, 2.24) is 0 Å². The van der Waals surface area contributed by atoms with Gasteiger partial charge in [0.25, 0.3) is 0 Å². The van der Waals surface area contributed by atoms with Gasteiger partial charge in [0.15, 0.2) is 0 Å². The van der Waals surface area contributed by atoms with E-state index < -0.39 is 0 Å². The molecule has 0 fully saturated rings. The highest BCUT2D eigenvalue weighted by atomic mass is 35.5. The normalized spacial score (nSPS) is 10.2. The molecule has 1 N–H and O–H groups in total. The largest absolute Gasteiger partial charge is 0.469 e. The van der Waals surface area contributed by atoms with E-state index in [9.17, 15) is 4.79 Å². The van der Waals surface area contributed by atoms with E-state index in [2.05, 4.69) is 5.32 Å². The van der Waals surface area contributed by atoms with Crippen molar-refractivity contribution in [3.8, 4) is 0 Å². The lowest BCUT2D eigenvalue weighted by Crippen LogP contribution is -2.14. The van der Waals surface area contributed by atoms with Crippen LogP contribution in [0.15, 0.2) is 41.0 Å². The zero-order valence-corrected chi connectivity index (χ0v) is 10.3. The maximum Gasteiger partial charge on any atom is 0.232 e. The summed E-state index contributed by atoms with van der Waals surface area (Å²) >= 11 is 11.8.